The molecule has 2 bridgehead atoms. The average molecular weight is 283 g/mol. The Morgan fingerprint density at radius 2 is 1.86 bits per heavy atom. The van der Waals surface area contributed by atoms with Crippen molar-refractivity contribution >= 4 is 11.4 Å². The lowest BCUT2D eigenvalue weighted by Crippen LogP contribution is -2.39. The Kier molecular flexibility index (Phi) is 2.58. The zero-order valence-electron chi connectivity index (χ0n) is 12.0. The first-order valence-corrected chi connectivity index (χ1v) is 7.36. The number of anilines is 1. The molecular formula is C16H17N3O2. The van der Waals surface area contributed by atoms with Crippen LogP contribution < -0.4 is 4.90 Å². The van der Waals surface area contributed by atoms with Gasteiger partial charge < -0.3 is 9.47 Å². The second-order valence-corrected chi connectivity index (χ2v) is 5.87. The van der Waals surface area contributed by atoms with Crippen LogP contribution in [-0.4, -0.2) is 22.6 Å². The molecule has 21 heavy (non-hydrogen) atoms. The second kappa shape index (κ2) is 4.35. The third-order valence-corrected chi connectivity index (χ3v) is 4.82. The number of nitrogens with zero attached hydrogens (tertiary/aromatic N) is 3. The fourth-order valence-electron chi connectivity index (χ4n) is 3.93. The number of fused-ring (bicyclic) bond motifs is 2. The number of piperidine rings is 1. The molecule has 4 heterocycles. The van der Waals surface area contributed by atoms with Gasteiger partial charge in [0.05, 0.1) is 10.6 Å². The monoisotopic (exact) mass is 283 g/mol. The van der Waals surface area contributed by atoms with Crippen LogP contribution in [0.25, 0.3) is 11.3 Å². The highest BCUT2D eigenvalue weighted by Gasteiger charge is 2.42. The van der Waals surface area contributed by atoms with Gasteiger partial charge in [-0.25, -0.2) is 0 Å². The summed E-state index contributed by atoms with van der Waals surface area (Å²) >= 11 is 0. The predicted octanol–water partition coefficient (Wildman–Crippen LogP) is 3.30. The van der Waals surface area contributed by atoms with Gasteiger partial charge in [0.2, 0.25) is 0 Å². The SMILES string of the molecule is Cn1c(-c2ccccc2)c([N+](=O)[O-])c2c1C1CCN2CC1. The van der Waals surface area contributed by atoms with Gasteiger partial charge in [-0.1, -0.05) is 30.3 Å². The highest BCUT2D eigenvalue weighted by molar-refractivity contribution is 5.85. The van der Waals surface area contributed by atoms with Crippen molar-refractivity contribution in [3.63, 3.8) is 0 Å². The van der Waals surface area contributed by atoms with Crippen LogP contribution in [-0.2, 0) is 7.05 Å². The largest absolute Gasteiger partial charge is 0.364 e. The van der Waals surface area contributed by atoms with Crippen LogP contribution in [0.2, 0.25) is 0 Å². The van der Waals surface area contributed by atoms with E-state index in [1.54, 1.807) is 0 Å². The van der Waals surface area contributed by atoms with Crippen LogP contribution in [0.15, 0.2) is 30.3 Å². The first kappa shape index (κ1) is 12.4. The van der Waals surface area contributed by atoms with Crippen molar-refractivity contribution in [1.29, 1.82) is 0 Å². The van der Waals surface area contributed by atoms with Crippen molar-refractivity contribution in [1.82, 2.24) is 4.57 Å². The van der Waals surface area contributed by atoms with Crippen LogP contribution in [0.1, 0.15) is 24.5 Å². The standard InChI is InChI=1S/C16H17N3O2/c1-17-13-12-7-9-18(10-8-12)15(13)16(19(20)21)14(17)11-5-3-2-4-6-11/h2-6,12H,7-10H2,1H3. The van der Waals surface area contributed by atoms with E-state index in [9.17, 15) is 10.1 Å². The van der Waals surface area contributed by atoms with Gasteiger partial charge >= 0.3 is 5.69 Å². The van der Waals surface area contributed by atoms with Crippen molar-refractivity contribution in [3.8, 4) is 11.3 Å². The predicted molar refractivity (Wildman–Crippen MR) is 81.7 cm³/mol. The highest BCUT2D eigenvalue weighted by Crippen LogP contribution is 2.52. The van der Waals surface area contributed by atoms with Crippen molar-refractivity contribution in [2.24, 2.45) is 7.05 Å². The Morgan fingerprint density at radius 3 is 2.48 bits per heavy atom. The zero-order valence-corrected chi connectivity index (χ0v) is 12.0. The molecule has 1 aromatic heterocycles. The first-order chi connectivity index (χ1) is 10.2. The number of aromatic nitrogens is 1. The molecule has 0 radical (unpaired) electrons. The molecule has 5 nitrogen and oxygen atoms in total. The maximum atomic E-state index is 11.7. The van der Waals surface area contributed by atoms with Crippen LogP contribution in [0.3, 0.4) is 0 Å². The van der Waals surface area contributed by atoms with Crippen molar-refractivity contribution in [2.45, 2.75) is 18.8 Å². The summed E-state index contributed by atoms with van der Waals surface area (Å²) in [5, 5.41) is 11.7. The molecule has 3 aliphatic heterocycles. The Hall–Kier alpha value is -2.30. The molecule has 0 N–H and O–H groups in total. The van der Waals surface area contributed by atoms with Gasteiger partial charge in [0.25, 0.3) is 0 Å². The van der Waals surface area contributed by atoms with Crippen LogP contribution in [0.5, 0.6) is 0 Å². The van der Waals surface area contributed by atoms with Crippen molar-refractivity contribution in [2.75, 3.05) is 18.0 Å². The quantitative estimate of drug-likeness (QED) is 0.627. The van der Waals surface area contributed by atoms with Gasteiger partial charge in [-0.15, -0.1) is 0 Å². The van der Waals surface area contributed by atoms with Gasteiger partial charge in [0.1, 0.15) is 11.4 Å². The smallest absolute Gasteiger partial charge is 0.318 e. The molecule has 1 aromatic carbocycles. The van der Waals surface area contributed by atoms with Gasteiger partial charge in [-0.2, -0.15) is 0 Å². The molecule has 1 fully saturated rings. The number of rotatable bonds is 2. The third-order valence-electron chi connectivity index (χ3n) is 4.82. The maximum absolute atomic E-state index is 11.7. The molecule has 5 heteroatoms. The molecular weight excluding hydrogens is 266 g/mol. The first-order valence-electron chi connectivity index (χ1n) is 7.36. The van der Waals surface area contributed by atoms with Gasteiger partial charge in [-0.05, 0) is 12.8 Å². The summed E-state index contributed by atoms with van der Waals surface area (Å²) in [7, 11) is 1.97. The molecule has 0 saturated carbocycles. The van der Waals surface area contributed by atoms with E-state index in [1.165, 1.54) is 0 Å². The minimum atomic E-state index is -0.206. The molecule has 0 atom stereocenters. The molecule has 5 rings (SSSR count). The number of nitro groups is 1. The zero-order chi connectivity index (χ0) is 14.6. The summed E-state index contributed by atoms with van der Waals surface area (Å²) in [5.74, 6) is 0.464. The number of hydrogen-bond acceptors (Lipinski definition) is 3. The van der Waals surface area contributed by atoms with E-state index in [-0.39, 0.29) is 10.6 Å². The second-order valence-electron chi connectivity index (χ2n) is 5.87. The molecule has 0 unspecified atom stereocenters. The minimum Gasteiger partial charge on any atom is -0.364 e. The summed E-state index contributed by atoms with van der Waals surface area (Å²) in [6.07, 6.45) is 2.21. The molecule has 1 saturated heterocycles. The molecule has 3 aliphatic rings. The Balaban J connectivity index is 2.04. The van der Waals surface area contributed by atoms with Gasteiger partial charge in [0, 0.05) is 31.6 Å². The average Bonchev–Trinajstić information content (AvgIpc) is 2.85. The summed E-state index contributed by atoms with van der Waals surface area (Å²) in [6.45, 7) is 1.88. The van der Waals surface area contributed by atoms with E-state index in [0.29, 0.717) is 5.92 Å². The molecule has 108 valence electrons. The summed E-state index contributed by atoms with van der Waals surface area (Å²) in [4.78, 5) is 13.7. The Morgan fingerprint density at radius 1 is 1.19 bits per heavy atom. The lowest BCUT2D eigenvalue weighted by Gasteiger charge is -2.40. The van der Waals surface area contributed by atoms with Crippen LogP contribution in [0.4, 0.5) is 11.4 Å². The van der Waals surface area contributed by atoms with Crippen LogP contribution >= 0.6 is 0 Å². The lowest BCUT2D eigenvalue weighted by atomic mass is 9.87. The summed E-state index contributed by atoms with van der Waals surface area (Å²) in [5.41, 5.74) is 3.95. The summed E-state index contributed by atoms with van der Waals surface area (Å²) in [6, 6.07) is 9.70. The Labute approximate surface area is 122 Å². The van der Waals surface area contributed by atoms with E-state index < -0.39 is 0 Å². The summed E-state index contributed by atoms with van der Waals surface area (Å²) < 4.78 is 2.05. The number of hydrogen-bond donors (Lipinski definition) is 0. The van der Waals surface area contributed by atoms with Gasteiger partial charge in [-0.3, -0.25) is 10.1 Å². The van der Waals surface area contributed by atoms with Crippen molar-refractivity contribution < 1.29 is 4.92 Å². The third kappa shape index (κ3) is 1.63. The topological polar surface area (TPSA) is 51.3 Å². The fourth-order valence-corrected chi connectivity index (χ4v) is 3.93. The lowest BCUT2D eigenvalue weighted by molar-refractivity contribution is -0.383. The van der Waals surface area contributed by atoms with Crippen LogP contribution in [0, 0.1) is 10.1 Å². The maximum Gasteiger partial charge on any atom is 0.318 e. The highest BCUT2D eigenvalue weighted by atomic mass is 16.6. The van der Waals surface area contributed by atoms with E-state index in [2.05, 4.69) is 9.47 Å². The van der Waals surface area contributed by atoms with E-state index >= 15 is 0 Å². The van der Waals surface area contributed by atoms with E-state index in [4.69, 9.17) is 0 Å². The Bertz CT molecular complexity index is 713. The fraction of sp³-hybridized carbons (Fsp3) is 0.375. The minimum absolute atomic E-state index is 0.206. The normalized spacial score (nSPS) is 17.1. The van der Waals surface area contributed by atoms with Crippen molar-refractivity contribution in [3.05, 3.63) is 46.1 Å². The van der Waals surface area contributed by atoms with E-state index in [0.717, 1.165) is 48.6 Å². The van der Waals surface area contributed by atoms with Gasteiger partial charge in [0.15, 0.2) is 0 Å². The molecule has 0 spiro atoms. The van der Waals surface area contributed by atoms with E-state index in [1.807, 2.05) is 37.4 Å². The molecule has 0 aliphatic carbocycles. The number of benzene rings is 1. The molecule has 2 aromatic rings. The molecule has 0 amide bonds.